The lowest BCUT2D eigenvalue weighted by Gasteiger charge is -2.19. The summed E-state index contributed by atoms with van der Waals surface area (Å²) in [6.45, 7) is 0. The fraction of sp³-hybridized carbons (Fsp3) is 0. The molecule has 2 aromatic heterocycles. The molecule has 2 heterocycles. The van der Waals surface area contributed by atoms with E-state index in [9.17, 15) is 11.0 Å². The molecule has 0 spiro atoms. The molecule has 0 saturated carbocycles. The van der Waals surface area contributed by atoms with Gasteiger partial charge >= 0.3 is 0 Å². The SMILES string of the molecule is [2H]c1c([2H])c([2H])c2c(sc3c([2H])c([2H])c4c([2H])c(-c5c6c([2H])c([2H])c([2H])c([2H])c6c(-c6ccccc6)c6c([2H])c([2H])c([2H])c([2H])c56)c5sc6c([2H])c([2H])c([2H])c([2H])c6c5c4c32)c1[2H]. The number of fused-ring (bicyclic) bond motifs is 11. The molecule has 10 rings (SSSR count). The average molecular weight is 612 g/mol. The first-order chi connectivity index (χ1) is 29.8. The molecule has 0 aliphatic heterocycles. The van der Waals surface area contributed by atoms with Gasteiger partial charge in [0.1, 0.15) is 0 Å². The predicted octanol–water partition coefficient (Wildman–Crippen LogP) is 13.2. The van der Waals surface area contributed by atoms with Crippen LogP contribution in [-0.4, -0.2) is 0 Å². The highest BCUT2D eigenvalue weighted by Gasteiger charge is 2.22. The quantitative estimate of drug-likeness (QED) is 0.171. The first-order valence-electron chi connectivity index (χ1n) is 23.0. The van der Waals surface area contributed by atoms with Crippen LogP contribution in [0.3, 0.4) is 0 Å². The van der Waals surface area contributed by atoms with Crippen LogP contribution in [0.4, 0.5) is 0 Å². The van der Waals surface area contributed by atoms with Gasteiger partial charge in [0.05, 0.1) is 26.0 Å². The van der Waals surface area contributed by atoms with Crippen molar-refractivity contribution in [3.8, 4) is 22.3 Å². The summed E-state index contributed by atoms with van der Waals surface area (Å²) in [5, 5.41) is -1.25. The third-order valence-electron chi connectivity index (χ3n) is 7.88. The van der Waals surface area contributed by atoms with Gasteiger partial charge in [0.15, 0.2) is 0 Å². The average Bonchev–Trinajstić information content (AvgIpc) is 3.88. The number of benzene rings is 8. The van der Waals surface area contributed by atoms with Gasteiger partial charge in [-0.05, 0) is 67.8 Å². The van der Waals surface area contributed by atoms with Crippen molar-refractivity contribution in [3.05, 3.63) is 145 Å². The van der Waals surface area contributed by atoms with Gasteiger partial charge in [0.25, 0.3) is 0 Å². The molecule has 0 radical (unpaired) electrons. The lowest BCUT2D eigenvalue weighted by atomic mass is 9.85. The Balaban J connectivity index is 1.63. The minimum absolute atomic E-state index is 0.00278. The van der Waals surface area contributed by atoms with E-state index >= 15 is 0 Å². The van der Waals surface area contributed by atoms with Crippen molar-refractivity contribution in [2.24, 2.45) is 0 Å². The molecule has 0 nitrogen and oxygen atoms in total. The Morgan fingerprint density at radius 1 is 0.432 bits per heavy atom. The number of rotatable bonds is 2. The highest BCUT2D eigenvalue weighted by molar-refractivity contribution is 7.27. The largest absolute Gasteiger partial charge is 0.135 e. The van der Waals surface area contributed by atoms with Crippen LogP contribution < -0.4 is 0 Å². The molecule has 0 bridgehead atoms. The predicted molar refractivity (Wildman–Crippen MR) is 196 cm³/mol. The maximum absolute atomic E-state index is 10.2. The highest BCUT2D eigenvalue weighted by atomic mass is 32.1. The molecule has 0 aliphatic rings. The van der Waals surface area contributed by atoms with E-state index < -0.39 is 115 Å². The highest BCUT2D eigenvalue weighted by Crippen LogP contribution is 2.51. The molecule has 44 heavy (non-hydrogen) atoms. The summed E-state index contributed by atoms with van der Waals surface area (Å²) in [4.78, 5) is 0. The molecule has 0 atom stereocenters. The van der Waals surface area contributed by atoms with E-state index in [0.717, 1.165) is 22.7 Å². The van der Waals surface area contributed by atoms with Crippen LogP contribution in [0.25, 0.3) is 94.9 Å². The van der Waals surface area contributed by atoms with Gasteiger partial charge in [0.2, 0.25) is 0 Å². The van der Waals surface area contributed by atoms with E-state index in [2.05, 4.69) is 0 Å². The van der Waals surface area contributed by atoms with E-state index in [1.807, 2.05) is 0 Å². The fourth-order valence-electron chi connectivity index (χ4n) is 6.16. The molecule has 0 N–H and O–H groups in total. The summed E-state index contributed by atoms with van der Waals surface area (Å²) in [5.74, 6) is 0. The van der Waals surface area contributed by atoms with E-state index in [-0.39, 0.29) is 89.4 Å². The van der Waals surface area contributed by atoms with Gasteiger partial charge in [-0.1, -0.05) is 121 Å². The van der Waals surface area contributed by atoms with Crippen LogP contribution >= 0.6 is 22.7 Å². The van der Waals surface area contributed by atoms with E-state index in [0.29, 0.717) is 5.56 Å². The Morgan fingerprint density at radius 2 is 0.977 bits per heavy atom. The third kappa shape index (κ3) is 3.33. The molecule has 2 heteroatoms. The van der Waals surface area contributed by atoms with Crippen LogP contribution in [0.15, 0.2) is 145 Å². The monoisotopic (exact) mass is 611 g/mol. The summed E-state index contributed by atoms with van der Waals surface area (Å²) in [6.07, 6.45) is 0. The van der Waals surface area contributed by atoms with Crippen molar-refractivity contribution in [2.75, 3.05) is 0 Å². The van der Waals surface area contributed by atoms with Gasteiger partial charge < -0.3 is 0 Å². The molecule has 10 aromatic rings. The standard InChI is InChI=1S/C42H24S2/c1-2-12-25(13-3-1)37-27-14-4-6-16-29(27)39(30-17-7-5-15-28(30)37)33-24-26-22-23-36-40(31-18-8-10-20-34(31)43-36)38(26)41-32-19-9-11-21-35(32)44-42(33)41/h1-24H/i4D,5D,6D,7D,8D,9D,10D,11D,14D,15D,16D,17D,18D,19D,20D,21D,22D,23D,24D. The Morgan fingerprint density at radius 3 is 1.64 bits per heavy atom. The number of hydrogen-bond donors (Lipinski definition) is 0. The topological polar surface area (TPSA) is 0 Å². The first kappa shape index (κ1) is 12.5. The summed E-state index contributed by atoms with van der Waals surface area (Å²) < 4.78 is 173. The van der Waals surface area contributed by atoms with Gasteiger partial charge in [-0.2, -0.15) is 0 Å². The zero-order chi connectivity index (χ0) is 45.3. The second-order valence-corrected chi connectivity index (χ2v) is 12.2. The molecule has 8 aromatic carbocycles. The number of hydrogen-bond acceptors (Lipinski definition) is 2. The van der Waals surface area contributed by atoms with E-state index in [1.54, 1.807) is 30.3 Å². The normalized spacial score (nSPS) is 18.1. The van der Waals surface area contributed by atoms with Crippen LogP contribution in [0.1, 0.15) is 26.0 Å². The van der Waals surface area contributed by atoms with Crippen molar-refractivity contribution in [2.45, 2.75) is 0 Å². The summed E-state index contributed by atoms with van der Waals surface area (Å²) in [7, 11) is 0. The molecule has 0 aliphatic carbocycles. The van der Waals surface area contributed by atoms with Crippen molar-refractivity contribution in [1.82, 2.24) is 0 Å². The zero-order valence-electron chi connectivity index (χ0n) is 41.2. The molecule has 0 saturated heterocycles. The third-order valence-corrected chi connectivity index (χ3v) is 10.0. The van der Waals surface area contributed by atoms with Crippen LogP contribution in [-0.2, 0) is 0 Å². The fourth-order valence-corrected chi connectivity index (χ4v) is 8.25. The molecule has 204 valence electrons. The summed E-state index contributed by atoms with van der Waals surface area (Å²) >= 11 is 1.63. The number of thiophene rings is 2. The molecular weight excluding hydrogens is 569 g/mol. The molecular formula is C42H24S2. The smallest absolute Gasteiger partial charge is 0.0638 e. The summed E-state index contributed by atoms with van der Waals surface area (Å²) in [6, 6.07) is -2.71. The lowest BCUT2D eigenvalue weighted by Crippen LogP contribution is -1.91. The van der Waals surface area contributed by atoms with Crippen LogP contribution in [0.5, 0.6) is 0 Å². The van der Waals surface area contributed by atoms with Gasteiger partial charge in [-0.3, -0.25) is 0 Å². The van der Waals surface area contributed by atoms with Crippen LogP contribution in [0, 0.1) is 0 Å². The van der Waals surface area contributed by atoms with Crippen molar-refractivity contribution >= 4 is 95.3 Å². The maximum atomic E-state index is 10.2. The Hall–Kier alpha value is -5.02. The Kier molecular flexibility index (Phi) is 2.63. The van der Waals surface area contributed by atoms with E-state index in [4.69, 9.17) is 15.1 Å². The molecule has 0 amide bonds. The first-order valence-corrected chi connectivity index (χ1v) is 15.1. The van der Waals surface area contributed by atoms with Crippen molar-refractivity contribution in [3.63, 3.8) is 0 Å². The van der Waals surface area contributed by atoms with Gasteiger partial charge in [0, 0.05) is 51.3 Å². The lowest BCUT2D eigenvalue weighted by molar-refractivity contribution is 1.67. The maximum Gasteiger partial charge on any atom is 0.0638 e. The van der Waals surface area contributed by atoms with Crippen molar-refractivity contribution < 1.29 is 26.0 Å². The van der Waals surface area contributed by atoms with E-state index in [1.165, 1.54) is 0 Å². The zero-order valence-corrected chi connectivity index (χ0v) is 23.8. The second-order valence-electron chi connectivity index (χ2n) is 10.1. The van der Waals surface area contributed by atoms with Gasteiger partial charge in [-0.15, -0.1) is 22.7 Å². The van der Waals surface area contributed by atoms with Crippen LogP contribution in [0.2, 0.25) is 0 Å². The molecule has 0 unspecified atom stereocenters. The minimum atomic E-state index is -0.706. The molecule has 0 fully saturated rings. The summed E-state index contributed by atoms with van der Waals surface area (Å²) in [5.41, 5.74) is -0.106. The second kappa shape index (κ2) is 9.24. The Labute approximate surface area is 288 Å². The van der Waals surface area contributed by atoms with Gasteiger partial charge in [-0.25, -0.2) is 0 Å². The van der Waals surface area contributed by atoms with Crippen molar-refractivity contribution in [1.29, 1.82) is 0 Å². The Bertz CT molecular complexity index is 3750. The minimum Gasteiger partial charge on any atom is -0.135 e.